The van der Waals surface area contributed by atoms with Crippen LogP contribution >= 0.6 is 11.3 Å². The molecule has 0 aliphatic heterocycles. The predicted molar refractivity (Wildman–Crippen MR) is 136 cm³/mol. The van der Waals surface area contributed by atoms with Crippen molar-refractivity contribution in [1.82, 2.24) is 15.1 Å². The zero-order valence-electron chi connectivity index (χ0n) is 20.0. The van der Waals surface area contributed by atoms with E-state index >= 15 is 0 Å². The fraction of sp³-hybridized carbons (Fsp3) is 0.385. The molecule has 34 heavy (non-hydrogen) atoms. The van der Waals surface area contributed by atoms with Crippen molar-refractivity contribution in [3.63, 3.8) is 0 Å². The second-order valence-electron chi connectivity index (χ2n) is 7.99. The first-order chi connectivity index (χ1) is 16.5. The minimum absolute atomic E-state index is 0.0765. The topological polar surface area (TPSA) is 84.4 Å². The number of amides is 2. The first kappa shape index (κ1) is 25.4. The van der Waals surface area contributed by atoms with Crippen LogP contribution in [0.15, 0.2) is 54.6 Å². The molecule has 3 aromatic rings. The average molecular weight is 481 g/mol. The first-order valence-corrected chi connectivity index (χ1v) is 12.5. The zero-order chi connectivity index (χ0) is 24.3. The van der Waals surface area contributed by atoms with Gasteiger partial charge in [0.15, 0.2) is 0 Å². The highest BCUT2D eigenvalue weighted by molar-refractivity contribution is 7.18. The number of rotatable bonds is 12. The number of nitrogens with one attached hydrogen (secondary N) is 1. The van der Waals surface area contributed by atoms with Crippen LogP contribution in [0, 0.1) is 0 Å². The summed E-state index contributed by atoms with van der Waals surface area (Å²) in [5.41, 5.74) is 1.92. The van der Waals surface area contributed by atoms with Gasteiger partial charge in [-0.05, 0) is 42.7 Å². The van der Waals surface area contributed by atoms with E-state index in [0.29, 0.717) is 23.2 Å². The third-order valence-electron chi connectivity index (χ3n) is 5.62. The van der Waals surface area contributed by atoms with Crippen molar-refractivity contribution in [1.29, 1.82) is 0 Å². The lowest BCUT2D eigenvalue weighted by Gasteiger charge is -2.27. The molecule has 2 amide bonds. The zero-order valence-corrected chi connectivity index (χ0v) is 20.8. The predicted octanol–water partition coefficient (Wildman–Crippen LogP) is 5.36. The van der Waals surface area contributed by atoms with Crippen molar-refractivity contribution in [2.75, 3.05) is 25.5 Å². The third-order valence-corrected chi connectivity index (χ3v) is 6.51. The molecule has 0 bridgehead atoms. The Hall–Kier alpha value is -3.26. The van der Waals surface area contributed by atoms with E-state index < -0.39 is 0 Å². The van der Waals surface area contributed by atoms with Crippen molar-refractivity contribution in [3.8, 4) is 16.3 Å². The molecule has 0 saturated heterocycles. The fourth-order valence-corrected chi connectivity index (χ4v) is 4.45. The molecule has 1 aromatic heterocycles. The smallest absolute Gasteiger partial charge is 0.230 e. The molecule has 1 unspecified atom stereocenters. The first-order valence-electron chi connectivity index (χ1n) is 11.7. The van der Waals surface area contributed by atoms with Crippen LogP contribution in [-0.4, -0.2) is 47.1 Å². The van der Waals surface area contributed by atoms with Gasteiger partial charge in [0.1, 0.15) is 10.8 Å². The summed E-state index contributed by atoms with van der Waals surface area (Å²) in [6.45, 7) is 5.14. The van der Waals surface area contributed by atoms with Crippen molar-refractivity contribution in [2.45, 2.75) is 45.4 Å². The molecule has 0 saturated carbocycles. The fourth-order valence-electron chi connectivity index (χ4n) is 3.68. The van der Waals surface area contributed by atoms with E-state index in [2.05, 4.69) is 22.4 Å². The van der Waals surface area contributed by atoms with Gasteiger partial charge in [0.2, 0.25) is 16.9 Å². The van der Waals surface area contributed by atoms with Gasteiger partial charge in [-0.15, -0.1) is 10.2 Å². The average Bonchev–Trinajstić information content (AvgIpc) is 3.33. The van der Waals surface area contributed by atoms with Crippen molar-refractivity contribution >= 4 is 28.3 Å². The SMILES string of the molecule is CCCCN(CCC(=O)Nc1nnc(-c2ccc(OC)cc2)s1)C(=O)C(CC)c1ccccc1. The summed E-state index contributed by atoms with van der Waals surface area (Å²) in [6.07, 6.45) is 2.81. The highest BCUT2D eigenvalue weighted by atomic mass is 32.1. The summed E-state index contributed by atoms with van der Waals surface area (Å²) in [5, 5.41) is 12.2. The molecule has 2 aromatic carbocycles. The number of hydrogen-bond acceptors (Lipinski definition) is 6. The summed E-state index contributed by atoms with van der Waals surface area (Å²) in [4.78, 5) is 27.8. The minimum Gasteiger partial charge on any atom is -0.497 e. The molecule has 0 radical (unpaired) electrons. The van der Waals surface area contributed by atoms with Crippen LogP contribution in [0.3, 0.4) is 0 Å². The maximum absolute atomic E-state index is 13.3. The normalized spacial score (nSPS) is 11.6. The molecule has 0 fully saturated rings. The number of anilines is 1. The number of methoxy groups -OCH3 is 1. The lowest BCUT2D eigenvalue weighted by molar-refractivity contribution is -0.133. The summed E-state index contributed by atoms with van der Waals surface area (Å²) < 4.78 is 5.18. The van der Waals surface area contributed by atoms with E-state index in [9.17, 15) is 9.59 Å². The molecule has 1 N–H and O–H groups in total. The van der Waals surface area contributed by atoms with Gasteiger partial charge in [-0.1, -0.05) is 61.9 Å². The van der Waals surface area contributed by atoms with E-state index in [1.54, 1.807) is 7.11 Å². The van der Waals surface area contributed by atoms with Crippen molar-refractivity contribution in [2.24, 2.45) is 0 Å². The summed E-state index contributed by atoms with van der Waals surface area (Å²) >= 11 is 1.31. The largest absolute Gasteiger partial charge is 0.497 e. The van der Waals surface area contributed by atoms with Gasteiger partial charge in [-0.3, -0.25) is 9.59 Å². The molecule has 1 heterocycles. The molecule has 8 heteroatoms. The lowest BCUT2D eigenvalue weighted by atomic mass is 9.95. The van der Waals surface area contributed by atoms with Gasteiger partial charge in [0.05, 0.1) is 13.0 Å². The quantitative estimate of drug-likeness (QED) is 0.377. The molecule has 0 spiro atoms. The number of hydrogen-bond donors (Lipinski definition) is 1. The van der Waals surface area contributed by atoms with Gasteiger partial charge < -0.3 is 15.0 Å². The monoisotopic (exact) mass is 480 g/mol. The van der Waals surface area contributed by atoms with Crippen LogP contribution in [0.1, 0.15) is 51.0 Å². The maximum Gasteiger partial charge on any atom is 0.230 e. The minimum atomic E-state index is -0.198. The van der Waals surface area contributed by atoms with Crippen molar-refractivity contribution < 1.29 is 14.3 Å². The Morgan fingerprint density at radius 1 is 1.03 bits per heavy atom. The van der Waals surface area contributed by atoms with Crippen LogP contribution in [0.2, 0.25) is 0 Å². The van der Waals surface area contributed by atoms with Crippen LogP contribution in [0.5, 0.6) is 5.75 Å². The molecular weight excluding hydrogens is 448 g/mol. The number of ether oxygens (including phenoxy) is 1. The van der Waals surface area contributed by atoms with Crippen molar-refractivity contribution in [3.05, 3.63) is 60.2 Å². The lowest BCUT2D eigenvalue weighted by Crippen LogP contribution is -2.38. The third kappa shape index (κ3) is 6.87. The molecule has 0 aliphatic rings. The Kier molecular flexibility index (Phi) is 9.58. The Morgan fingerprint density at radius 3 is 2.41 bits per heavy atom. The molecule has 0 aliphatic carbocycles. The maximum atomic E-state index is 13.3. The number of carbonyl (C=O) groups excluding carboxylic acids is 2. The highest BCUT2D eigenvalue weighted by Gasteiger charge is 2.24. The Labute approximate surface area is 205 Å². The van der Waals surface area contributed by atoms with Crippen LogP contribution in [-0.2, 0) is 9.59 Å². The molecule has 7 nitrogen and oxygen atoms in total. The number of nitrogens with zero attached hydrogens (tertiary/aromatic N) is 3. The summed E-state index contributed by atoms with van der Waals surface area (Å²) in [5.74, 6) is 0.463. The van der Waals surface area contributed by atoms with E-state index in [-0.39, 0.29) is 24.2 Å². The standard InChI is InChI=1S/C26H32N4O3S/c1-4-6-17-30(25(32)22(5-2)19-10-8-7-9-11-19)18-16-23(31)27-26-29-28-24(34-26)20-12-14-21(33-3)15-13-20/h7-15,22H,4-6,16-18H2,1-3H3,(H,27,29,31). The van der Waals surface area contributed by atoms with Crippen LogP contribution in [0.4, 0.5) is 5.13 Å². The van der Waals surface area contributed by atoms with Gasteiger partial charge >= 0.3 is 0 Å². The van der Waals surface area contributed by atoms with E-state index in [1.807, 2.05) is 66.4 Å². The number of carbonyl (C=O) groups is 2. The van der Waals surface area contributed by atoms with E-state index in [1.165, 1.54) is 11.3 Å². The van der Waals surface area contributed by atoms with Gasteiger partial charge in [0.25, 0.3) is 0 Å². The van der Waals surface area contributed by atoms with Gasteiger partial charge in [-0.25, -0.2) is 0 Å². The second kappa shape index (κ2) is 12.8. The molecule has 180 valence electrons. The van der Waals surface area contributed by atoms with E-state index in [0.717, 1.165) is 36.1 Å². The van der Waals surface area contributed by atoms with E-state index in [4.69, 9.17) is 4.74 Å². The number of aromatic nitrogens is 2. The number of unbranched alkanes of at least 4 members (excludes halogenated alkanes) is 1. The van der Waals surface area contributed by atoms with Gasteiger partial charge in [-0.2, -0.15) is 0 Å². The van der Waals surface area contributed by atoms with Crippen LogP contribution < -0.4 is 10.1 Å². The van der Waals surface area contributed by atoms with Gasteiger partial charge in [0, 0.05) is 25.1 Å². The highest BCUT2D eigenvalue weighted by Crippen LogP contribution is 2.28. The molecule has 3 rings (SSSR count). The Bertz CT molecular complexity index is 1050. The Morgan fingerprint density at radius 2 is 1.76 bits per heavy atom. The Balaban J connectivity index is 1.60. The summed E-state index contributed by atoms with van der Waals surface area (Å²) in [7, 11) is 1.62. The molecule has 1 atom stereocenters. The summed E-state index contributed by atoms with van der Waals surface area (Å²) in [6, 6.07) is 17.4. The number of benzene rings is 2. The van der Waals surface area contributed by atoms with Crippen LogP contribution in [0.25, 0.3) is 10.6 Å². The molecular formula is C26H32N4O3S. The second-order valence-corrected chi connectivity index (χ2v) is 8.97.